The Hall–Kier alpha value is -2.59. The van der Waals surface area contributed by atoms with Crippen LogP contribution in [0.2, 0.25) is 5.02 Å². The summed E-state index contributed by atoms with van der Waals surface area (Å²) >= 11 is 5.95. The molecule has 0 aliphatic carbocycles. The first-order valence-electron chi connectivity index (χ1n) is 8.70. The number of hydrogen-bond acceptors (Lipinski definition) is 5. The number of rotatable bonds is 4. The molecule has 0 bridgehead atoms. The monoisotopic (exact) mass is 429 g/mol. The van der Waals surface area contributed by atoms with Crippen LogP contribution in [0, 0.1) is 5.82 Å². The summed E-state index contributed by atoms with van der Waals surface area (Å²) in [4.78, 5) is 16.4. The predicted molar refractivity (Wildman–Crippen MR) is 102 cm³/mol. The van der Waals surface area contributed by atoms with E-state index in [9.17, 15) is 18.0 Å². The Balaban J connectivity index is 2.05. The highest BCUT2D eigenvalue weighted by Crippen LogP contribution is 2.46. The average Bonchev–Trinajstić information content (AvgIpc) is 2.93. The molecule has 29 heavy (non-hydrogen) atoms. The maximum absolute atomic E-state index is 15.0. The van der Waals surface area contributed by atoms with E-state index < -0.39 is 35.4 Å². The number of ether oxygens (including phenoxy) is 1. The van der Waals surface area contributed by atoms with Crippen LogP contribution in [-0.2, 0) is 17.3 Å². The number of aromatic nitrogens is 2. The fourth-order valence-electron chi connectivity index (χ4n) is 3.27. The van der Waals surface area contributed by atoms with Crippen LogP contribution < -0.4 is 11.1 Å². The summed E-state index contributed by atoms with van der Waals surface area (Å²) in [5, 5.41) is 6.54. The molecule has 1 aliphatic heterocycles. The standard InChI is InChI=1S/C18H19ClF3N5O2/c1-3-17(18(21,22)9-29-8-14(23)25-17)11-6-10(4-5-13(11)20)24-16(28)15-12(19)7-27(2)26-15/h4-7H,3,8-9H2,1-2H3,(H2,23,25)(H,24,28). The molecular formula is C18H19ClF3N5O2. The number of aryl methyl sites for hydroxylation is 1. The summed E-state index contributed by atoms with van der Waals surface area (Å²) in [6.07, 6.45) is 1.19. The first kappa shape index (κ1) is 21.1. The normalized spacial score (nSPS) is 21.4. The van der Waals surface area contributed by atoms with Gasteiger partial charge in [0.2, 0.25) is 0 Å². The van der Waals surface area contributed by atoms with Crippen LogP contribution in [0.15, 0.2) is 29.4 Å². The Bertz CT molecular complexity index is 978. The molecule has 1 unspecified atom stereocenters. The van der Waals surface area contributed by atoms with E-state index in [2.05, 4.69) is 15.4 Å². The minimum absolute atomic E-state index is 0.0549. The van der Waals surface area contributed by atoms with Crippen LogP contribution in [0.4, 0.5) is 18.9 Å². The van der Waals surface area contributed by atoms with Crippen LogP contribution >= 0.6 is 11.6 Å². The number of halogens is 4. The van der Waals surface area contributed by atoms with Gasteiger partial charge in [-0.25, -0.2) is 13.2 Å². The lowest BCUT2D eigenvalue weighted by Crippen LogP contribution is -2.47. The van der Waals surface area contributed by atoms with Crippen LogP contribution in [0.25, 0.3) is 0 Å². The molecule has 1 aliphatic rings. The lowest BCUT2D eigenvalue weighted by atomic mass is 9.81. The first-order chi connectivity index (χ1) is 13.6. The van der Waals surface area contributed by atoms with Gasteiger partial charge in [-0.3, -0.25) is 14.5 Å². The van der Waals surface area contributed by atoms with Gasteiger partial charge in [0.15, 0.2) is 11.2 Å². The molecular weight excluding hydrogens is 411 g/mol. The fraction of sp³-hybridized carbons (Fsp3) is 0.389. The van der Waals surface area contributed by atoms with Crippen molar-refractivity contribution < 1.29 is 22.7 Å². The second-order valence-corrected chi connectivity index (χ2v) is 7.07. The maximum atomic E-state index is 15.0. The molecule has 1 aromatic carbocycles. The number of carbonyl (C=O) groups is 1. The lowest BCUT2D eigenvalue weighted by molar-refractivity contribution is -0.123. The smallest absolute Gasteiger partial charge is 0.299 e. The number of nitrogens with two attached hydrogens (primary N) is 1. The lowest BCUT2D eigenvalue weighted by Gasteiger charge is -2.36. The summed E-state index contributed by atoms with van der Waals surface area (Å²) in [5.74, 6) is -5.27. The van der Waals surface area contributed by atoms with E-state index in [0.29, 0.717) is 0 Å². The Labute approximate surface area is 169 Å². The molecule has 11 heteroatoms. The van der Waals surface area contributed by atoms with Crippen molar-refractivity contribution in [3.63, 3.8) is 0 Å². The van der Waals surface area contributed by atoms with Gasteiger partial charge in [-0.15, -0.1) is 0 Å². The summed E-state index contributed by atoms with van der Waals surface area (Å²) in [6.45, 7) is 0.201. The van der Waals surface area contributed by atoms with Gasteiger partial charge in [0.25, 0.3) is 11.8 Å². The van der Waals surface area contributed by atoms with E-state index >= 15 is 0 Å². The third kappa shape index (κ3) is 3.82. The zero-order valence-corrected chi connectivity index (χ0v) is 16.4. The minimum atomic E-state index is -3.53. The SMILES string of the molecule is CCC1(c2cc(NC(=O)c3nn(C)cc3Cl)ccc2F)N=C(N)COCC1(F)F. The Kier molecular flexibility index (Phi) is 5.59. The zero-order valence-electron chi connectivity index (χ0n) is 15.7. The van der Waals surface area contributed by atoms with Gasteiger partial charge in [-0.1, -0.05) is 18.5 Å². The summed E-state index contributed by atoms with van der Waals surface area (Å²) in [7, 11) is 1.59. The van der Waals surface area contributed by atoms with E-state index in [0.717, 1.165) is 12.1 Å². The number of nitrogens with one attached hydrogen (secondary N) is 1. The molecule has 2 heterocycles. The molecule has 7 nitrogen and oxygen atoms in total. The Morgan fingerprint density at radius 2 is 2.17 bits per heavy atom. The fourth-order valence-corrected chi connectivity index (χ4v) is 3.54. The number of aliphatic imine (C=N–C) groups is 1. The molecule has 0 fully saturated rings. The first-order valence-corrected chi connectivity index (χ1v) is 9.07. The Morgan fingerprint density at radius 1 is 1.45 bits per heavy atom. The van der Waals surface area contributed by atoms with Crippen molar-refractivity contribution >= 4 is 29.0 Å². The van der Waals surface area contributed by atoms with Crippen molar-refractivity contribution in [2.75, 3.05) is 18.5 Å². The molecule has 3 N–H and O–H groups in total. The Morgan fingerprint density at radius 3 is 2.79 bits per heavy atom. The predicted octanol–water partition coefficient (Wildman–Crippen LogP) is 3.09. The van der Waals surface area contributed by atoms with Gasteiger partial charge in [0.05, 0.1) is 5.02 Å². The van der Waals surface area contributed by atoms with Crippen LogP contribution in [0.3, 0.4) is 0 Å². The second kappa shape index (κ2) is 7.68. The van der Waals surface area contributed by atoms with Gasteiger partial charge in [0, 0.05) is 24.5 Å². The van der Waals surface area contributed by atoms with Crippen molar-refractivity contribution in [3.05, 3.63) is 46.5 Å². The number of alkyl halides is 2. The molecule has 1 amide bonds. The molecule has 0 radical (unpaired) electrons. The van der Waals surface area contributed by atoms with Crippen molar-refractivity contribution in [3.8, 4) is 0 Å². The van der Waals surface area contributed by atoms with Gasteiger partial charge >= 0.3 is 0 Å². The molecule has 1 atom stereocenters. The van der Waals surface area contributed by atoms with Crippen molar-refractivity contribution in [1.29, 1.82) is 0 Å². The van der Waals surface area contributed by atoms with Gasteiger partial charge < -0.3 is 15.8 Å². The minimum Gasteiger partial charge on any atom is -0.385 e. The van der Waals surface area contributed by atoms with Crippen LogP contribution in [0.5, 0.6) is 0 Å². The molecule has 0 spiro atoms. The molecule has 0 saturated heterocycles. The van der Waals surface area contributed by atoms with Crippen molar-refractivity contribution in [2.24, 2.45) is 17.8 Å². The van der Waals surface area contributed by atoms with E-state index in [1.54, 1.807) is 7.05 Å². The topological polar surface area (TPSA) is 94.5 Å². The highest BCUT2D eigenvalue weighted by atomic mass is 35.5. The number of hydrogen-bond donors (Lipinski definition) is 2. The second-order valence-electron chi connectivity index (χ2n) is 6.66. The van der Waals surface area contributed by atoms with Crippen molar-refractivity contribution in [1.82, 2.24) is 9.78 Å². The summed E-state index contributed by atoms with van der Waals surface area (Å²) < 4.78 is 50.9. The molecule has 3 rings (SSSR count). The number of anilines is 1. The van der Waals surface area contributed by atoms with Crippen LogP contribution in [0.1, 0.15) is 29.4 Å². The quantitative estimate of drug-likeness (QED) is 0.780. The number of amides is 1. The summed E-state index contributed by atoms with van der Waals surface area (Å²) in [5.41, 5.74) is 3.03. The van der Waals surface area contributed by atoms with Crippen LogP contribution in [-0.4, -0.2) is 40.7 Å². The number of amidine groups is 1. The van der Waals surface area contributed by atoms with Gasteiger partial charge in [-0.05, 0) is 24.6 Å². The number of benzene rings is 1. The average molecular weight is 430 g/mol. The maximum Gasteiger partial charge on any atom is 0.299 e. The summed E-state index contributed by atoms with van der Waals surface area (Å²) in [6, 6.07) is 3.34. The van der Waals surface area contributed by atoms with Crippen molar-refractivity contribution in [2.45, 2.75) is 24.8 Å². The van der Waals surface area contributed by atoms with E-state index in [4.69, 9.17) is 22.1 Å². The van der Waals surface area contributed by atoms with Gasteiger partial charge in [0.1, 0.15) is 24.9 Å². The highest BCUT2D eigenvalue weighted by Gasteiger charge is 2.56. The molecule has 1 aromatic heterocycles. The molecule has 156 valence electrons. The number of nitrogens with zero attached hydrogens (tertiary/aromatic N) is 3. The third-order valence-corrected chi connectivity index (χ3v) is 4.93. The largest absolute Gasteiger partial charge is 0.385 e. The number of carbonyl (C=O) groups excluding carboxylic acids is 1. The zero-order chi connectivity index (χ0) is 21.4. The van der Waals surface area contributed by atoms with E-state index in [1.807, 2.05) is 0 Å². The molecule has 2 aromatic rings. The third-order valence-electron chi connectivity index (χ3n) is 4.65. The van der Waals surface area contributed by atoms with E-state index in [1.165, 1.54) is 23.9 Å². The highest BCUT2D eigenvalue weighted by molar-refractivity contribution is 6.34. The van der Waals surface area contributed by atoms with E-state index in [-0.39, 0.29) is 35.3 Å². The molecule has 0 saturated carbocycles. The van der Waals surface area contributed by atoms with Gasteiger partial charge in [-0.2, -0.15) is 5.10 Å².